The van der Waals surface area contributed by atoms with Gasteiger partial charge in [0.05, 0.1) is 39.5 Å². The van der Waals surface area contributed by atoms with Gasteiger partial charge in [-0.2, -0.15) is 9.46 Å². The topological polar surface area (TPSA) is 156 Å². The van der Waals surface area contributed by atoms with E-state index in [0.29, 0.717) is 42.9 Å². The summed E-state index contributed by atoms with van der Waals surface area (Å²) in [4.78, 5) is 44.6. The number of amides is 2. The molecule has 2 unspecified atom stereocenters. The molecule has 2 aromatic heterocycles. The fraction of sp³-hybridized carbons (Fsp3) is 0.364. The summed E-state index contributed by atoms with van der Waals surface area (Å²) in [5.74, 6) is -1.22. The summed E-state index contributed by atoms with van der Waals surface area (Å²) < 4.78 is 25.1. The summed E-state index contributed by atoms with van der Waals surface area (Å²) in [6.07, 6.45) is 10.9. The number of β-amino-alcohol motifs (C(OH)–C–C–N with tert-alkyl or cyclic N) is 1. The zero-order chi connectivity index (χ0) is 32.8. The Hall–Kier alpha value is -4.46. The van der Waals surface area contributed by atoms with Gasteiger partial charge in [-0.25, -0.2) is 4.21 Å². The Morgan fingerprint density at radius 2 is 1.98 bits per heavy atom. The summed E-state index contributed by atoms with van der Waals surface area (Å²) in [6, 6.07) is 9.96. The van der Waals surface area contributed by atoms with E-state index in [1.807, 2.05) is 36.1 Å². The summed E-state index contributed by atoms with van der Waals surface area (Å²) in [5, 5.41) is 16.8. The maximum absolute atomic E-state index is 14.4. The lowest BCUT2D eigenvalue weighted by atomic mass is 10.1. The molecule has 1 aromatic carbocycles. The number of aryl methyl sites for hydroxylation is 2. The number of benzene rings is 1. The number of carbonyl (C=O) groups excluding carboxylic acids is 3. The number of aliphatic hydroxyl groups excluding tert-OH is 1. The molecule has 1 aliphatic heterocycles. The van der Waals surface area contributed by atoms with Crippen LogP contribution in [0.3, 0.4) is 0 Å². The van der Waals surface area contributed by atoms with E-state index in [-0.39, 0.29) is 23.6 Å². The molecule has 5 rings (SSSR count). The zero-order valence-corrected chi connectivity index (χ0v) is 26.9. The standard InChI is InChI=1S/C33H38N6O6S/c1-22-15-29(38(2)36-22)32(42)35-26-10-7-9-23(17-26)24-16-25(20-34-19-24)31(41)37-46(44,28-11-5-4-6-12-28)14-8-13-39-21-27(40)18-30(39)33(43)45-3/h4-7,9-11,15-17,19-20,27-28,30,40H,8,12-14,18,21H2,1-3H3,(H,35,42)/t27-,28?,30?,46+/m1/s1. The molecule has 46 heavy (non-hydrogen) atoms. The number of hydrogen-bond acceptors (Lipinski definition) is 9. The number of allylic oxidation sites excluding steroid dienone is 3. The molecule has 4 atom stereocenters. The van der Waals surface area contributed by atoms with Crippen molar-refractivity contribution in [3.05, 3.63) is 90.0 Å². The van der Waals surface area contributed by atoms with E-state index in [1.165, 1.54) is 18.0 Å². The molecule has 0 spiro atoms. The Balaban J connectivity index is 1.34. The number of methoxy groups -OCH3 is 1. The van der Waals surface area contributed by atoms with Gasteiger partial charge in [0.1, 0.15) is 11.7 Å². The molecule has 2 N–H and O–H groups in total. The number of hydrogen-bond donors (Lipinski definition) is 2. The lowest BCUT2D eigenvalue weighted by Crippen LogP contribution is -2.38. The minimum atomic E-state index is -3.06. The van der Waals surface area contributed by atoms with E-state index in [2.05, 4.69) is 19.8 Å². The monoisotopic (exact) mass is 646 g/mol. The third-order valence-corrected chi connectivity index (χ3v) is 10.7. The highest BCUT2D eigenvalue weighted by atomic mass is 32.2. The Morgan fingerprint density at radius 1 is 1.15 bits per heavy atom. The lowest BCUT2D eigenvalue weighted by Gasteiger charge is -2.23. The second-order valence-corrected chi connectivity index (χ2v) is 14.0. The van der Waals surface area contributed by atoms with E-state index >= 15 is 0 Å². The van der Waals surface area contributed by atoms with Crippen molar-refractivity contribution in [1.29, 1.82) is 0 Å². The molecule has 12 nitrogen and oxygen atoms in total. The van der Waals surface area contributed by atoms with Crippen LogP contribution in [0.15, 0.2) is 77.5 Å². The van der Waals surface area contributed by atoms with Crippen molar-refractivity contribution in [2.45, 2.75) is 43.6 Å². The first kappa shape index (κ1) is 32.9. The first-order chi connectivity index (χ1) is 22.1. The fourth-order valence-electron chi connectivity index (χ4n) is 5.78. The predicted octanol–water partition coefficient (Wildman–Crippen LogP) is 3.53. The third-order valence-electron chi connectivity index (χ3n) is 8.06. The summed E-state index contributed by atoms with van der Waals surface area (Å²) in [7, 11) is -0.0441. The summed E-state index contributed by atoms with van der Waals surface area (Å²) in [5.41, 5.74) is 3.25. The number of aromatic nitrogens is 3. The first-order valence-corrected chi connectivity index (χ1v) is 16.8. The third kappa shape index (κ3) is 7.66. The van der Waals surface area contributed by atoms with Gasteiger partial charge in [0.25, 0.3) is 11.8 Å². The van der Waals surface area contributed by atoms with Crippen LogP contribution in [-0.4, -0.2) is 90.1 Å². The van der Waals surface area contributed by atoms with Gasteiger partial charge in [-0.1, -0.05) is 36.4 Å². The van der Waals surface area contributed by atoms with E-state index in [9.17, 15) is 23.7 Å². The SMILES string of the molecule is COC(=O)C1C[C@@H](O)CN1CCC[S@@](=O)(=NC(=O)c1cncc(-c2cccc(NC(=O)c3cc(C)nn3C)c2)c1)C1C=CC=CC1. The van der Waals surface area contributed by atoms with E-state index in [4.69, 9.17) is 4.74 Å². The maximum Gasteiger partial charge on any atom is 0.323 e. The molecule has 2 amide bonds. The number of ether oxygens (including phenoxy) is 1. The number of rotatable bonds is 10. The molecule has 3 heterocycles. The number of likely N-dealkylation sites (tertiary alicyclic amines) is 1. The quantitative estimate of drug-likeness (QED) is 0.315. The Kier molecular flexibility index (Phi) is 10.2. The Morgan fingerprint density at radius 3 is 2.70 bits per heavy atom. The van der Waals surface area contributed by atoms with Crippen LogP contribution < -0.4 is 5.32 Å². The van der Waals surface area contributed by atoms with Crippen LogP contribution in [0.2, 0.25) is 0 Å². The second kappa shape index (κ2) is 14.3. The van der Waals surface area contributed by atoms with E-state index in [0.717, 1.165) is 11.3 Å². The van der Waals surface area contributed by atoms with Gasteiger partial charge in [-0.3, -0.25) is 28.9 Å². The molecular formula is C33H38N6O6S. The van der Waals surface area contributed by atoms with Gasteiger partial charge >= 0.3 is 5.97 Å². The van der Waals surface area contributed by atoms with E-state index in [1.54, 1.807) is 49.7 Å². The average Bonchev–Trinajstić information content (AvgIpc) is 3.61. The smallest absolute Gasteiger partial charge is 0.323 e. The maximum atomic E-state index is 14.4. The number of aliphatic hydroxyl groups is 1. The molecule has 0 saturated carbocycles. The Bertz CT molecular complexity index is 1810. The van der Waals surface area contributed by atoms with E-state index < -0.39 is 39.0 Å². The van der Waals surface area contributed by atoms with Gasteiger partial charge < -0.3 is 15.2 Å². The zero-order valence-electron chi connectivity index (χ0n) is 26.0. The number of nitrogens with one attached hydrogen (secondary N) is 1. The summed E-state index contributed by atoms with van der Waals surface area (Å²) in [6.45, 7) is 2.53. The Labute approximate surface area is 268 Å². The van der Waals surface area contributed by atoms with Crippen molar-refractivity contribution in [3.63, 3.8) is 0 Å². The van der Waals surface area contributed by atoms with Crippen molar-refractivity contribution in [1.82, 2.24) is 19.7 Å². The average molecular weight is 647 g/mol. The van der Waals surface area contributed by atoms with Crippen LogP contribution >= 0.6 is 0 Å². The van der Waals surface area contributed by atoms with Crippen LogP contribution in [0, 0.1) is 6.92 Å². The molecule has 1 fully saturated rings. The van der Waals surface area contributed by atoms with Crippen molar-refractivity contribution in [2.75, 3.05) is 31.3 Å². The highest BCUT2D eigenvalue weighted by Crippen LogP contribution is 2.26. The normalized spacial score (nSPS) is 20.7. The molecule has 1 saturated heterocycles. The van der Waals surface area contributed by atoms with Crippen molar-refractivity contribution in [2.24, 2.45) is 11.4 Å². The van der Waals surface area contributed by atoms with Crippen LogP contribution in [0.4, 0.5) is 5.69 Å². The molecule has 13 heteroatoms. The van der Waals surface area contributed by atoms with Crippen LogP contribution in [-0.2, 0) is 26.3 Å². The van der Waals surface area contributed by atoms with Gasteiger partial charge in [0, 0.05) is 56.0 Å². The number of anilines is 1. The molecule has 242 valence electrons. The van der Waals surface area contributed by atoms with Crippen molar-refractivity contribution >= 4 is 33.2 Å². The fourth-order valence-corrected chi connectivity index (χ4v) is 7.99. The van der Waals surface area contributed by atoms with Crippen LogP contribution in [0.1, 0.15) is 45.8 Å². The lowest BCUT2D eigenvalue weighted by molar-refractivity contribution is -0.145. The molecule has 3 aromatic rings. The second-order valence-electron chi connectivity index (χ2n) is 11.4. The predicted molar refractivity (Wildman–Crippen MR) is 175 cm³/mol. The van der Waals surface area contributed by atoms with Crippen LogP contribution in [0.25, 0.3) is 11.1 Å². The van der Waals surface area contributed by atoms with Crippen molar-refractivity contribution < 1.29 is 28.4 Å². The highest BCUT2D eigenvalue weighted by molar-refractivity contribution is 7.94. The van der Waals surface area contributed by atoms with Crippen molar-refractivity contribution in [3.8, 4) is 11.1 Å². The molecule has 2 aliphatic rings. The van der Waals surface area contributed by atoms with Gasteiger partial charge in [0.2, 0.25) is 0 Å². The number of carbonyl (C=O) groups is 3. The largest absolute Gasteiger partial charge is 0.468 e. The number of pyridine rings is 1. The molecule has 1 aliphatic carbocycles. The minimum Gasteiger partial charge on any atom is -0.468 e. The van der Waals surface area contributed by atoms with Gasteiger partial charge in [0.15, 0.2) is 0 Å². The van der Waals surface area contributed by atoms with Crippen LogP contribution in [0.5, 0.6) is 0 Å². The van der Waals surface area contributed by atoms with Gasteiger partial charge in [-0.15, -0.1) is 0 Å². The van der Waals surface area contributed by atoms with Gasteiger partial charge in [-0.05, 0) is 49.6 Å². The molecule has 0 radical (unpaired) electrons. The highest BCUT2D eigenvalue weighted by Gasteiger charge is 2.36. The summed E-state index contributed by atoms with van der Waals surface area (Å²) >= 11 is 0. The first-order valence-electron chi connectivity index (χ1n) is 15.0. The minimum absolute atomic E-state index is 0.132. The molecular weight excluding hydrogens is 608 g/mol. The number of esters is 1. The number of nitrogens with zero attached hydrogens (tertiary/aromatic N) is 5. The molecule has 0 bridgehead atoms.